The molecule has 0 atom stereocenters. The molecular weight excluding hydrogens is 128 g/mol. The summed E-state index contributed by atoms with van der Waals surface area (Å²) >= 11 is 0. The van der Waals surface area contributed by atoms with Crippen molar-refractivity contribution in [1.82, 2.24) is 9.78 Å². The van der Waals surface area contributed by atoms with Gasteiger partial charge in [-0.25, -0.2) is 0 Å². The molecule has 0 spiro atoms. The Labute approximate surface area is 60.3 Å². The molecule has 1 N–H and O–H groups in total. The zero-order chi connectivity index (χ0) is 7.56. The molecule has 0 aliphatic carbocycles. The molecule has 0 saturated carbocycles. The topological polar surface area (TPSA) is 38.0 Å². The molecule has 0 bridgehead atoms. The van der Waals surface area contributed by atoms with Crippen LogP contribution in [0.15, 0.2) is 12.4 Å². The fourth-order valence-electron chi connectivity index (χ4n) is 0.763. The largest absolute Gasteiger partial charge is 0.505 e. The maximum atomic E-state index is 8.87. The zero-order valence-electron chi connectivity index (χ0n) is 6.20. The van der Waals surface area contributed by atoms with E-state index in [2.05, 4.69) is 5.10 Å². The van der Waals surface area contributed by atoms with Crippen LogP contribution in [0.1, 0.15) is 13.8 Å². The SMILES string of the molecule is C[C](C)Cn1cc(O)cn1. The first-order chi connectivity index (χ1) is 4.68. The molecule has 0 aromatic carbocycles. The van der Waals surface area contributed by atoms with Crippen molar-refractivity contribution in [3.05, 3.63) is 18.3 Å². The van der Waals surface area contributed by atoms with E-state index in [1.165, 1.54) is 12.1 Å². The van der Waals surface area contributed by atoms with Crippen molar-refractivity contribution in [3.8, 4) is 5.75 Å². The monoisotopic (exact) mass is 139 g/mol. The summed E-state index contributed by atoms with van der Waals surface area (Å²) in [5.41, 5.74) is 0. The summed E-state index contributed by atoms with van der Waals surface area (Å²) < 4.78 is 1.70. The first-order valence-electron chi connectivity index (χ1n) is 3.19. The van der Waals surface area contributed by atoms with Gasteiger partial charge in [0.1, 0.15) is 0 Å². The third-order valence-electron chi connectivity index (χ3n) is 1.10. The smallest absolute Gasteiger partial charge is 0.153 e. The van der Waals surface area contributed by atoms with Crippen LogP contribution in [0.25, 0.3) is 0 Å². The molecule has 10 heavy (non-hydrogen) atoms. The van der Waals surface area contributed by atoms with Crippen LogP contribution in [-0.2, 0) is 6.54 Å². The number of rotatable bonds is 2. The lowest BCUT2D eigenvalue weighted by molar-refractivity contribution is 0.473. The van der Waals surface area contributed by atoms with Crippen LogP contribution < -0.4 is 0 Å². The van der Waals surface area contributed by atoms with Crippen molar-refractivity contribution in [2.75, 3.05) is 0 Å². The zero-order valence-corrected chi connectivity index (χ0v) is 6.20. The van der Waals surface area contributed by atoms with E-state index in [0.29, 0.717) is 0 Å². The maximum absolute atomic E-state index is 8.87. The summed E-state index contributed by atoms with van der Waals surface area (Å²) in [6.07, 6.45) is 3.04. The van der Waals surface area contributed by atoms with Gasteiger partial charge in [-0.1, -0.05) is 13.8 Å². The second-order valence-electron chi connectivity index (χ2n) is 2.60. The Hall–Kier alpha value is -0.990. The van der Waals surface area contributed by atoms with E-state index >= 15 is 0 Å². The summed E-state index contributed by atoms with van der Waals surface area (Å²) in [7, 11) is 0. The van der Waals surface area contributed by atoms with Gasteiger partial charge in [0.05, 0.1) is 12.4 Å². The van der Waals surface area contributed by atoms with Crippen molar-refractivity contribution < 1.29 is 5.11 Å². The number of hydrogen-bond acceptors (Lipinski definition) is 2. The van der Waals surface area contributed by atoms with Crippen LogP contribution in [0.3, 0.4) is 0 Å². The van der Waals surface area contributed by atoms with Gasteiger partial charge in [0.15, 0.2) is 5.75 Å². The Balaban J connectivity index is 2.58. The predicted octanol–water partition coefficient (Wildman–Crippen LogP) is 1.20. The average Bonchev–Trinajstić information content (AvgIpc) is 2.13. The van der Waals surface area contributed by atoms with E-state index in [1.54, 1.807) is 10.9 Å². The van der Waals surface area contributed by atoms with Crippen molar-refractivity contribution in [2.24, 2.45) is 0 Å². The molecule has 3 heteroatoms. The lowest BCUT2D eigenvalue weighted by atomic mass is 10.2. The molecule has 0 unspecified atom stereocenters. The number of aromatic hydroxyl groups is 1. The third kappa shape index (κ3) is 1.76. The van der Waals surface area contributed by atoms with Crippen molar-refractivity contribution in [3.63, 3.8) is 0 Å². The van der Waals surface area contributed by atoms with E-state index in [4.69, 9.17) is 5.11 Å². The summed E-state index contributed by atoms with van der Waals surface area (Å²) in [5, 5.41) is 12.8. The molecule has 1 aromatic heterocycles. The summed E-state index contributed by atoms with van der Waals surface area (Å²) in [5.74, 6) is 1.49. The standard InChI is InChI=1S/C7H11N2O/c1-6(2)4-9-5-7(10)3-8-9/h3,5,10H,4H2,1-2H3. The van der Waals surface area contributed by atoms with E-state index in [0.717, 1.165) is 6.54 Å². The molecular formula is C7H11N2O. The van der Waals surface area contributed by atoms with Crippen molar-refractivity contribution in [1.29, 1.82) is 0 Å². The van der Waals surface area contributed by atoms with Gasteiger partial charge in [0.25, 0.3) is 0 Å². The van der Waals surface area contributed by atoms with Gasteiger partial charge in [0, 0.05) is 6.54 Å². The molecule has 55 valence electrons. The summed E-state index contributed by atoms with van der Waals surface area (Å²) in [6.45, 7) is 4.83. The van der Waals surface area contributed by atoms with E-state index < -0.39 is 0 Å². The van der Waals surface area contributed by atoms with Crippen LogP contribution in [0.2, 0.25) is 0 Å². The molecule has 0 saturated heterocycles. The lowest BCUT2D eigenvalue weighted by Crippen LogP contribution is -2.02. The summed E-state index contributed by atoms with van der Waals surface area (Å²) in [4.78, 5) is 0. The number of nitrogens with zero attached hydrogens (tertiary/aromatic N) is 2. The van der Waals surface area contributed by atoms with Crippen LogP contribution in [0.5, 0.6) is 5.75 Å². The average molecular weight is 139 g/mol. The number of aromatic nitrogens is 2. The lowest BCUT2D eigenvalue weighted by Gasteiger charge is -2.01. The Morgan fingerprint density at radius 3 is 2.80 bits per heavy atom. The highest BCUT2D eigenvalue weighted by Crippen LogP contribution is 2.06. The molecule has 1 radical (unpaired) electrons. The fraction of sp³-hybridized carbons (Fsp3) is 0.429. The Morgan fingerprint density at radius 1 is 1.70 bits per heavy atom. The molecule has 3 nitrogen and oxygen atoms in total. The van der Waals surface area contributed by atoms with Crippen molar-refractivity contribution in [2.45, 2.75) is 20.4 Å². The number of hydrogen-bond donors (Lipinski definition) is 1. The van der Waals surface area contributed by atoms with Gasteiger partial charge in [-0.15, -0.1) is 0 Å². The van der Waals surface area contributed by atoms with Gasteiger partial charge in [-0.05, 0) is 5.92 Å². The second-order valence-corrected chi connectivity index (χ2v) is 2.60. The quantitative estimate of drug-likeness (QED) is 0.668. The van der Waals surface area contributed by atoms with Gasteiger partial charge in [-0.3, -0.25) is 4.68 Å². The van der Waals surface area contributed by atoms with Crippen LogP contribution >= 0.6 is 0 Å². The summed E-state index contributed by atoms with van der Waals surface area (Å²) in [6, 6.07) is 0. The third-order valence-corrected chi connectivity index (χ3v) is 1.10. The van der Waals surface area contributed by atoms with Gasteiger partial charge >= 0.3 is 0 Å². The van der Waals surface area contributed by atoms with E-state index in [-0.39, 0.29) is 5.75 Å². The Morgan fingerprint density at radius 2 is 2.40 bits per heavy atom. The fourth-order valence-corrected chi connectivity index (χ4v) is 0.763. The minimum Gasteiger partial charge on any atom is -0.505 e. The van der Waals surface area contributed by atoms with Gasteiger partial charge in [0.2, 0.25) is 0 Å². The molecule has 1 aromatic rings. The highest BCUT2D eigenvalue weighted by molar-refractivity contribution is 5.08. The first kappa shape index (κ1) is 7.12. The molecule has 0 amide bonds. The first-order valence-corrected chi connectivity index (χ1v) is 3.19. The normalized spacial score (nSPS) is 10.7. The van der Waals surface area contributed by atoms with Gasteiger partial charge in [-0.2, -0.15) is 5.10 Å². The highest BCUT2D eigenvalue weighted by atomic mass is 16.3. The predicted molar refractivity (Wildman–Crippen MR) is 38.5 cm³/mol. The Bertz CT molecular complexity index is 205. The van der Waals surface area contributed by atoms with Crippen LogP contribution in [0.4, 0.5) is 0 Å². The minimum absolute atomic E-state index is 0.223. The van der Waals surface area contributed by atoms with Crippen LogP contribution in [0, 0.1) is 5.92 Å². The Kier molecular flexibility index (Phi) is 1.94. The second kappa shape index (κ2) is 2.73. The molecule has 1 heterocycles. The van der Waals surface area contributed by atoms with Crippen molar-refractivity contribution >= 4 is 0 Å². The molecule has 0 fully saturated rings. The van der Waals surface area contributed by atoms with Crippen LogP contribution in [-0.4, -0.2) is 14.9 Å². The van der Waals surface area contributed by atoms with Gasteiger partial charge < -0.3 is 5.11 Å². The highest BCUT2D eigenvalue weighted by Gasteiger charge is 1.97. The molecule has 0 aliphatic heterocycles. The molecule has 1 rings (SSSR count). The minimum atomic E-state index is 0.223. The molecule has 0 aliphatic rings. The van der Waals surface area contributed by atoms with E-state index in [1.807, 2.05) is 13.8 Å². The maximum Gasteiger partial charge on any atom is 0.153 e. The van der Waals surface area contributed by atoms with E-state index in [9.17, 15) is 0 Å².